The Kier molecular flexibility index (Phi) is 6.22. The van der Waals surface area contributed by atoms with Gasteiger partial charge in [0.25, 0.3) is 5.91 Å². The number of amides is 1. The van der Waals surface area contributed by atoms with E-state index in [1.807, 2.05) is 59.5 Å². The Morgan fingerprint density at radius 1 is 0.906 bits per heavy atom. The van der Waals surface area contributed by atoms with E-state index in [-0.39, 0.29) is 5.91 Å². The number of nitrogens with zero attached hydrogens (tertiary/aromatic N) is 1. The molecule has 4 heteroatoms. The number of carbonyl (C=O) groups excluding carboxylic acids is 1. The molecule has 1 amide bonds. The Hall–Kier alpha value is -3.11. The number of hydrogen-bond acceptors (Lipinski definition) is 3. The molecule has 0 radical (unpaired) electrons. The molecule has 1 heterocycles. The van der Waals surface area contributed by atoms with E-state index in [0.29, 0.717) is 25.1 Å². The first-order valence-corrected chi connectivity index (χ1v) is 11.5. The zero-order valence-electron chi connectivity index (χ0n) is 18.3. The van der Waals surface area contributed by atoms with Gasteiger partial charge in [0.2, 0.25) is 0 Å². The van der Waals surface area contributed by atoms with Crippen LogP contribution in [0.2, 0.25) is 0 Å². The van der Waals surface area contributed by atoms with Gasteiger partial charge < -0.3 is 14.4 Å². The Bertz CT molecular complexity index is 1040. The van der Waals surface area contributed by atoms with Crippen molar-refractivity contribution in [3.63, 3.8) is 0 Å². The summed E-state index contributed by atoms with van der Waals surface area (Å²) in [6, 6.07) is 26.7. The third-order valence-electron chi connectivity index (χ3n) is 6.25. The summed E-state index contributed by atoms with van der Waals surface area (Å²) in [7, 11) is 0. The highest BCUT2D eigenvalue weighted by molar-refractivity contribution is 5.95. The largest absolute Gasteiger partial charge is 0.493 e. The fourth-order valence-electron chi connectivity index (χ4n) is 4.21. The summed E-state index contributed by atoms with van der Waals surface area (Å²) in [4.78, 5) is 15.4. The topological polar surface area (TPSA) is 38.8 Å². The van der Waals surface area contributed by atoms with Gasteiger partial charge in [0, 0.05) is 30.7 Å². The minimum Gasteiger partial charge on any atom is -0.493 e. The Balaban J connectivity index is 1.27. The molecule has 3 aromatic carbocycles. The van der Waals surface area contributed by atoms with Crippen LogP contribution in [0.5, 0.6) is 5.75 Å². The van der Waals surface area contributed by atoms with Crippen LogP contribution in [0, 0.1) is 5.92 Å². The van der Waals surface area contributed by atoms with E-state index in [2.05, 4.69) is 24.3 Å². The summed E-state index contributed by atoms with van der Waals surface area (Å²) in [5.74, 6) is 1.44. The summed E-state index contributed by atoms with van der Waals surface area (Å²) in [6.45, 7) is 2.90. The first kappa shape index (κ1) is 20.8. The molecule has 1 saturated heterocycles. The predicted molar refractivity (Wildman–Crippen MR) is 126 cm³/mol. The van der Waals surface area contributed by atoms with Gasteiger partial charge in [0.1, 0.15) is 5.75 Å². The predicted octanol–water partition coefficient (Wildman–Crippen LogP) is 5.57. The van der Waals surface area contributed by atoms with Crippen LogP contribution >= 0.6 is 0 Å². The lowest BCUT2D eigenvalue weighted by molar-refractivity contribution is 0.0729. The molecule has 2 fully saturated rings. The van der Waals surface area contributed by atoms with Gasteiger partial charge in [-0.2, -0.15) is 0 Å². The van der Waals surface area contributed by atoms with Crippen LogP contribution in [-0.4, -0.2) is 36.7 Å². The molecular formula is C28H29NO3. The minimum absolute atomic E-state index is 0.0986. The lowest BCUT2D eigenvalue weighted by atomic mass is 10.0. The summed E-state index contributed by atoms with van der Waals surface area (Å²) < 4.78 is 11.4. The van der Waals surface area contributed by atoms with Crippen LogP contribution in [-0.2, 0) is 11.3 Å². The van der Waals surface area contributed by atoms with Crippen LogP contribution in [0.15, 0.2) is 78.9 Å². The van der Waals surface area contributed by atoms with Gasteiger partial charge >= 0.3 is 0 Å². The lowest BCUT2D eigenvalue weighted by Crippen LogP contribution is -2.32. The Morgan fingerprint density at radius 3 is 2.41 bits per heavy atom. The number of ether oxygens (including phenoxy) is 2. The first-order chi connectivity index (χ1) is 15.8. The molecule has 3 aromatic rings. The summed E-state index contributed by atoms with van der Waals surface area (Å²) in [5.41, 5.74) is 4.13. The molecule has 0 spiro atoms. The molecule has 5 rings (SSSR count). The molecule has 32 heavy (non-hydrogen) atoms. The van der Waals surface area contributed by atoms with Crippen molar-refractivity contribution >= 4 is 5.91 Å². The molecule has 0 aromatic heterocycles. The van der Waals surface area contributed by atoms with Crippen LogP contribution in [0.1, 0.15) is 35.2 Å². The van der Waals surface area contributed by atoms with Crippen LogP contribution < -0.4 is 4.74 Å². The molecule has 0 unspecified atom stereocenters. The second kappa shape index (κ2) is 9.58. The molecule has 0 bridgehead atoms. The fourth-order valence-corrected chi connectivity index (χ4v) is 4.21. The van der Waals surface area contributed by atoms with Gasteiger partial charge in [-0.3, -0.25) is 4.79 Å². The fraction of sp³-hybridized carbons (Fsp3) is 0.321. The third kappa shape index (κ3) is 5.03. The van der Waals surface area contributed by atoms with E-state index in [4.69, 9.17) is 9.47 Å². The average Bonchev–Trinajstić information content (AvgIpc) is 3.56. The highest BCUT2D eigenvalue weighted by Gasteiger charge is 2.33. The summed E-state index contributed by atoms with van der Waals surface area (Å²) in [6.07, 6.45) is 3.21. The minimum atomic E-state index is 0.0986. The van der Waals surface area contributed by atoms with Gasteiger partial charge in [-0.25, -0.2) is 0 Å². The highest BCUT2D eigenvalue weighted by Crippen LogP contribution is 2.31. The molecular weight excluding hydrogens is 398 g/mol. The lowest BCUT2D eigenvalue weighted by Gasteiger charge is -2.23. The number of rotatable bonds is 8. The zero-order chi connectivity index (χ0) is 21.8. The number of benzene rings is 3. The van der Waals surface area contributed by atoms with Gasteiger partial charge in [-0.1, -0.05) is 54.6 Å². The maximum absolute atomic E-state index is 13.3. The molecule has 0 N–H and O–H groups in total. The van der Waals surface area contributed by atoms with Crippen LogP contribution in [0.3, 0.4) is 0 Å². The maximum Gasteiger partial charge on any atom is 0.254 e. The number of hydrogen-bond donors (Lipinski definition) is 0. The Morgan fingerprint density at radius 2 is 1.69 bits per heavy atom. The van der Waals surface area contributed by atoms with Gasteiger partial charge in [0.05, 0.1) is 13.2 Å². The van der Waals surface area contributed by atoms with Gasteiger partial charge in [-0.15, -0.1) is 0 Å². The third-order valence-corrected chi connectivity index (χ3v) is 6.25. The molecule has 164 valence electrons. The van der Waals surface area contributed by atoms with E-state index in [9.17, 15) is 4.79 Å². The zero-order valence-corrected chi connectivity index (χ0v) is 18.3. The summed E-state index contributed by atoms with van der Waals surface area (Å²) >= 11 is 0. The van der Waals surface area contributed by atoms with Crippen LogP contribution in [0.25, 0.3) is 11.1 Å². The smallest absolute Gasteiger partial charge is 0.254 e. The van der Waals surface area contributed by atoms with E-state index < -0.39 is 0 Å². The molecule has 1 atom stereocenters. The van der Waals surface area contributed by atoms with Gasteiger partial charge in [-0.05, 0) is 60.2 Å². The molecule has 1 saturated carbocycles. The van der Waals surface area contributed by atoms with Crippen molar-refractivity contribution in [3.8, 4) is 16.9 Å². The maximum atomic E-state index is 13.3. The van der Waals surface area contributed by atoms with E-state index in [1.165, 1.54) is 0 Å². The standard InChI is InChI=1S/C28H29NO3/c30-28(25-11-9-24(10-12-25)23-6-2-1-3-7-23)29(26-13-14-26)18-21-5-4-8-27(17-21)32-20-22-15-16-31-19-22/h1-12,17,22,26H,13-16,18-20H2/t22-/m0/s1. The Labute approximate surface area is 189 Å². The van der Waals surface area contributed by atoms with Crippen molar-refractivity contribution in [2.75, 3.05) is 19.8 Å². The second-order valence-corrected chi connectivity index (χ2v) is 8.80. The number of carbonyl (C=O) groups is 1. The van der Waals surface area contributed by atoms with Crippen molar-refractivity contribution < 1.29 is 14.3 Å². The van der Waals surface area contributed by atoms with Gasteiger partial charge in [0.15, 0.2) is 0 Å². The normalized spacial score (nSPS) is 17.8. The van der Waals surface area contributed by atoms with Crippen molar-refractivity contribution in [1.82, 2.24) is 4.90 Å². The van der Waals surface area contributed by atoms with Crippen molar-refractivity contribution in [3.05, 3.63) is 90.0 Å². The van der Waals surface area contributed by atoms with E-state index >= 15 is 0 Å². The first-order valence-electron chi connectivity index (χ1n) is 11.5. The van der Waals surface area contributed by atoms with Crippen molar-refractivity contribution in [2.45, 2.75) is 31.8 Å². The second-order valence-electron chi connectivity index (χ2n) is 8.80. The summed E-state index contributed by atoms with van der Waals surface area (Å²) in [5, 5.41) is 0. The molecule has 4 nitrogen and oxygen atoms in total. The van der Waals surface area contributed by atoms with Crippen LogP contribution in [0.4, 0.5) is 0 Å². The average molecular weight is 428 g/mol. The monoisotopic (exact) mass is 427 g/mol. The van der Waals surface area contributed by atoms with Crippen molar-refractivity contribution in [2.24, 2.45) is 5.92 Å². The van der Waals surface area contributed by atoms with Crippen molar-refractivity contribution in [1.29, 1.82) is 0 Å². The quantitative estimate of drug-likeness (QED) is 0.471. The SMILES string of the molecule is O=C(c1ccc(-c2ccccc2)cc1)N(Cc1cccc(OC[C@H]2CCOC2)c1)C1CC1. The van der Waals surface area contributed by atoms with E-state index in [0.717, 1.165) is 60.5 Å². The molecule has 2 aliphatic rings. The molecule has 1 aliphatic heterocycles. The molecule has 1 aliphatic carbocycles. The van der Waals surface area contributed by atoms with E-state index in [1.54, 1.807) is 0 Å². The highest BCUT2D eigenvalue weighted by atomic mass is 16.5.